The molecule has 0 radical (unpaired) electrons. The van der Waals surface area contributed by atoms with Crippen molar-refractivity contribution in [3.8, 4) is 0 Å². The van der Waals surface area contributed by atoms with Crippen molar-refractivity contribution in [3.05, 3.63) is 126 Å². The van der Waals surface area contributed by atoms with E-state index in [0.717, 1.165) is 5.56 Å². The van der Waals surface area contributed by atoms with E-state index in [4.69, 9.17) is 0 Å². The SMILES string of the molecule is Cc1ccc(S(=O)(=O)N=C(N=S(=O)(c2ccccc2)c2ccccc2)c2ccccc2)cc1. The molecule has 0 unspecified atom stereocenters. The van der Waals surface area contributed by atoms with Gasteiger partial charge >= 0.3 is 0 Å². The monoisotopic (exact) mass is 474 g/mol. The third-order valence-electron chi connectivity index (χ3n) is 4.90. The fourth-order valence-corrected chi connectivity index (χ4v) is 6.10. The van der Waals surface area contributed by atoms with Crippen LogP contribution in [0.2, 0.25) is 0 Å². The number of aryl methyl sites for hydroxylation is 1. The van der Waals surface area contributed by atoms with Gasteiger partial charge in [0.2, 0.25) is 0 Å². The van der Waals surface area contributed by atoms with Crippen molar-refractivity contribution in [1.29, 1.82) is 0 Å². The number of nitrogens with zero attached hydrogens (tertiary/aromatic N) is 2. The van der Waals surface area contributed by atoms with Crippen molar-refractivity contribution < 1.29 is 12.6 Å². The van der Waals surface area contributed by atoms with Crippen molar-refractivity contribution in [2.24, 2.45) is 8.76 Å². The number of rotatable bonds is 5. The van der Waals surface area contributed by atoms with Gasteiger partial charge in [0.1, 0.15) is 9.73 Å². The molecule has 0 amide bonds. The lowest BCUT2D eigenvalue weighted by Crippen LogP contribution is -2.10. The molecule has 0 atom stereocenters. The smallest absolute Gasteiger partial charge is 0.239 e. The fourth-order valence-electron chi connectivity index (χ4n) is 3.16. The topological polar surface area (TPSA) is 75.9 Å². The van der Waals surface area contributed by atoms with Crippen LogP contribution in [0.25, 0.3) is 0 Å². The fraction of sp³-hybridized carbons (Fsp3) is 0.0385. The molecule has 0 aliphatic heterocycles. The third-order valence-corrected chi connectivity index (χ3v) is 8.43. The predicted octanol–water partition coefficient (Wildman–Crippen LogP) is 5.72. The zero-order chi connectivity index (χ0) is 23.3. The summed E-state index contributed by atoms with van der Waals surface area (Å²) in [5, 5.41) is 0. The molecule has 4 rings (SSSR count). The first-order chi connectivity index (χ1) is 15.9. The van der Waals surface area contributed by atoms with Crippen LogP contribution in [0.4, 0.5) is 0 Å². The van der Waals surface area contributed by atoms with Crippen LogP contribution in [0.15, 0.2) is 139 Å². The highest BCUT2D eigenvalue weighted by molar-refractivity contribution is 7.94. The number of benzene rings is 4. The van der Waals surface area contributed by atoms with Gasteiger partial charge in [-0.2, -0.15) is 12.8 Å². The quantitative estimate of drug-likeness (QED) is 0.274. The summed E-state index contributed by atoms with van der Waals surface area (Å²) in [6, 6.07) is 32.7. The van der Waals surface area contributed by atoms with Crippen LogP contribution >= 0.6 is 0 Å². The highest BCUT2D eigenvalue weighted by atomic mass is 32.2. The van der Waals surface area contributed by atoms with Crippen molar-refractivity contribution in [1.82, 2.24) is 0 Å². The van der Waals surface area contributed by atoms with Gasteiger partial charge in [-0.3, -0.25) is 0 Å². The minimum Gasteiger partial charge on any atom is -0.239 e. The molecule has 0 aliphatic rings. The molecule has 0 saturated carbocycles. The predicted molar refractivity (Wildman–Crippen MR) is 131 cm³/mol. The van der Waals surface area contributed by atoms with Gasteiger partial charge in [0.15, 0.2) is 5.84 Å². The molecule has 5 nitrogen and oxygen atoms in total. The molecule has 4 aromatic rings. The van der Waals surface area contributed by atoms with Crippen LogP contribution in [0, 0.1) is 6.92 Å². The van der Waals surface area contributed by atoms with Crippen molar-refractivity contribution in [2.75, 3.05) is 0 Å². The Morgan fingerprint density at radius 1 is 0.576 bits per heavy atom. The zero-order valence-corrected chi connectivity index (χ0v) is 19.5. The highest BCUT2D eigenvalue weighted by Gasteiger charge is 2.21. The van der Waals surface area contributed by atoms with Crippen LogP contribution in [0.3, 0.4) is 0 Å². The van der Waals surface area contributed by atoms with E-state index >= 15 is 0 Å². The summed E-state index contributed by atoms with van der Waals surface area (Å²) in [4.78, 5) is 0.975. The van der Waals surface area contributed by atoms with Crippen LogP contribution < -0.4 is 0 Å². The Bertz CT molecular complexity index is 1450. The van der Waals surface area contributed by atoms with Crippen LogP contribution in [-0.4, -0.2) is 18.5 Å². The Kier molecular flexibility index (Phi) is 6.53. The molecule has 4 aromatic carbocycles. The number of sulfonamides is 1. The van der Waals surface area contributed by atoms with Crippen molar-refractivity contribution in [3.63, 3.8) is 0 Å². The largest absolute Gasteiger partial charge is 0.284 e. The molecule has 0 aliphatic carbocycles. The second-order valence-electron chi connectivity index (χ2n) is 7.31. The lowest BCUT2D eigenvalue weighted by atomic mass is 10.2. The Hall–Kier alpha value is -3.55. The summed E-state index contributed by atoms with van der Waals surface area (Å²) in [5.41, 5.74) is 1.38. The molecular formula is C26H22N2O3S2. The summed E-state index contributed by atoms with van der Waals surface area (Å²) in [6.45, 7) is 1.87. The zero-order valence-electron chi connectivity index (χ0n) is 17.9. The van der Waals surface area contributed by atoms with Crippen molar-refractivity contribution >= 4 is 25.6 Å². The summed E-state index contributed by atoms with van der Waals surface area (Å²) >= 11 is 0. The van der Waals surface area contributed by atoms with Crippen LogP contribution in [0.5, 0.6) is 0 Å². The molecule has 0 saturated heterocycles. The van der Waals surface area contributed by atoms with Crippen LogP contribution in [-0.2, 0) is 19.8 Å². The molecule has 166 valence electrons. The number of hydrogen-bond donors (Lipinski definition) is 0. The molecule has 0 fully saturated rings. The first-order valence-corrected chi connectivity index (χ1v) is 13.2. The lowest BCUT2D eigenvalue weighted by Gasteiger charge is -2.12. The van der Waals surface area contributed by atoms with E-state index in [2.05, 4.69) is 8.76 Å². The molecule has 0 aromatic heterocycles. The first kappa shape index (κ1) is 22.6. The van der Waals surface area contributed by atoms with E-state index in [1.807, 2.05) is 19.1 Å². The summed E-state index contributed by atoms with van der Waals surface area (Å²) < 4.78 is 49.3. The summed E-state index contributed by atoms with van der Waals surface area (Å²) in [5.74, 6) is -0.117. The Labute approximate surface area is 194 Å². The summed E-state index contributed by atoms with van der Waals surface area (Å²) in [6.07, 6.45) is 0. The van der Waals surface area contributed by atoms with Gasteiger partial charge in [-0.25, -0.2) is 4.21 Å². The Morgan fingerprint density at radius 2 is 1.03 bits per heavy atom. The molecule has 0 N–H and O–H groups in total. The van der Waals surface area contributed by atoms with E-state index in [-0.39, 0.29) is 10.7 Å². The van der Waals surface area contributed by atoms with E-state index in [1.54, 1.807) is 91.0 Å². The van der Waals surface area contributed by atoms with Gasteiger partial charge in [0.25, 0.3) is 10.0 Å². The van der Waals surface area contributed by atoms with Crippen molar-refractivity contribution in [2.45, 2.75) is 21.6 Å². The Balaban J connectivity index is 2.00. The average Bonchev–Trinajstić information content (AvgIpc) is 2.85. The highest BCUT2D eigenvalue weighted by Crippen LogP contribution is 2.25. The average molecular weight is 475 g/mol. The normalized spacial score (nSPS) is 12.3. The minimum atomic E-state index is -4.09. The molecule has 0 bridgehead atoms. The lowest BCUT2D eigenvalue weighted by molar-refractivity contribution is 0.598. The van der Waals surface area contributed by atoms with Gasteiger partial charge in [-0.1, -0.05) is 84.4 Å². The molecule has 0 heterocycles. The van der Waals surface area contributed by atoms with Crippen LogP contribution in [0.1, 0.15) is 11.1 Å². The molecule has 7 heteroatoms. The maximum atomic E-state index is 14.4. The van der Waals surface area contributed by atoms with Gasteiger partial charge < -0.3 is 0 Å². The van der Waals surface area contributed by atoms with Gasteiger partial charge in [-0.15, -0.1) is 4.40 Å². The number of amidine groups is 1. The van der Waals surface area contributed by atoms with E-state index in [0.29, 0.717) is 15.4 Å². The molecule has 33 heavy (non-hydrogen) atoms. The first-order valence-electron chi connectivity index (χ1n) is 10.2. The van der Waals surface area contributed by atoms with E-state index < -0.39 is 19.8 Å². The summed E-state index contributed by atoms with van der Waals surface area (Å²) in [7, 11) is -7.32. The molecular weight excluding hydrogens is 452 g/mol. The second kappa shape index (κ2) is 9.52. The minimum absolute atomic E-state index is 0.0441. The van der Waals surface area contributed by atoms with E-state index in [9.17, 15) is 12.6 Å². The molecule has 0 spiro atoms. The standard InChI is InChI=1S/C26H22N2O3S2/c1-21-17-19-25(20-18-21)33(30,31)28-26(22-11-5-2-6-12-22)27-32(29,23-13-7-3-8-14-23)24-15-9-4-10-16-24/h2-20H,1H3. The van der Waals surface area contributed by atoms with Gasteiger partial charge in [-0.05, 0) is 43.3 Å². The third kappa shape index (κ3) is 5.10. The Morgan fingerprint density at radius 3 is 1.52 bits per heavy atom. The maximum Gasteiger partial charge on any atom is 0.284 e. The van der Waals surface area contributed by atoms with Gasteiger partial charge in [0, 0.05) is 5.56 Å². The second-order valence-corrected chi connectivity index (χ2v) is 11.1. The maximum absolute atomic E-state index is 14.4. The van der Waals surface area contributed by atoms with E-state index in [1.165, 1.54) is 12.1 Å². The number of hydrogen-bond acceptors (Lipinski definition) is 3. The van der Waals surface area contributed by atoms with Gasteiger partial charge in [0.05, 0.1) is 14.7 Å².